The Labute approximate surface area is 217 Å². The summed E-state index contributed by atoms with van der Waals surface area (Å²) in [6.45, 7) is 8.33. The predicted octanol–water partition coefficient (Wildman–Crippen LogP) is 7.23. The number of ether oxygens (including phenoxy) is 2. The molecule has 1 aromatic heterocycles. The Morgan fingerprint density at radius 2 is 1.67 bits per heavy atom. The second-order valence-corrected chi connectivity index (χ2v) is 10.8. The Morgan fingerprint density at radius 1 is 0.972 bits per heavy atom. The Balaban J connectivity index is 1.36. The number of rotatable bonds is 8. The van der Waals surface area contributed by atoms with Gasteiger partial charge in [0.15, 0.2) is 5.78 Å². The molecule has 4 aromatic rings. The normalized spacial score (nSPS) is 14.8. The summed E-state index contributed by atoms with van der Waals surface area (Å²) in [5.74, 6) is 2.47. The molecule has 0 N–H and O–H groups in total. The minimum absolute atomic E-state index is 0.0323. The van der Waals surface area contributed by atoms with Gasteiger partial charge in [0.25, 0.3) is 0 Å². The van der Waals surface area contributed by atoms with E-state index in [0.717, 1.165) is 63.1 Å². The first kappa shape index (κ1) is 24.5. The molecule has 186 valence electrons. The zero-order valence-corrected chi connectivity index (χ0v) is 22.1. The van der Waals surface area contributed by atoms with Gasteiger partial charge in [-0.1, -0.05) is 19.1 Å². The molecule has 1 fully saturated rings. The monoisotopic (exact) mass is 499 g/mol. The highest BCUT2D eigenvalue weighted by Gasteiger charge is 2.22. The number of ketones is 1. The van der Waals surface area contributed by atoms with Crippen molar-refractivity contribution in [2.45, 2.75) is 26.7 Å². The SMILES string of the molecule is COc1ccc(-c2sc3cc(C)ccc3c2C(=O)c2ccc(OCCN3CCC(C)CC3)cc2)cc1. The molecule has 4 nitrogen and oxygen atoms in total. The molecule has 1 aliphatic heterocycles. The molecule has 0 amide bonds. The summed E-state index contributed by atoms with van der Waals surface area (Å²) in [7, 11) is 1.66. The van der Waals surface area contributed by atoms with Crippen LogP contribution in [0.3, 0.4) is 0 Å². The van der Waals surface area contributed by atoms with Crippen molar-refractivity contribution in [3.8, 4) is 21.9 Å². The van der Waals surface area contributed by atoms with E-state index in [9.17, 15) is 4.79 Å². The number of hydrogen-bond donors (Lipinski definition) is 0. The van der Waals surface area contributed by atoms with Crippen molar-refractivity contribution < 1.29 is 14.3 Å². The largest absolute Gasteiger partial charge is 0.497 e. The number of carbonyl (C=O) groups excluding carboxylic acids is 1. The van der Waals surface area contributed by atoms with Crippen LogP contribution >= 0.6 is 11.3 Å². The van der Waals surface area contributed by atoms with E-state index < -0.39 is 0 Å². The van der Waals surface area contributed by atoms with Crippen molar-refractivity contribution in [2.24, 2.45) is 5.92 Å². The lowest BCUT2D eigenvalue weighted by atomic mass is 9.97. The van der Waals surface area contributed by atoms with E-state index in [1.807, 2.05) is 48.5 Å². The summed E-state index contributed by atoms with van der Waals surface area (Å²) in [6, 6.07) is 21.8. The molecule has 1 saturated heterocycles. The first-order valence-corrected chi connectivity index (χ1v) is 13.5. The molecule has 0 spiro atoms. The van der Waals surface area contributed by atoms with Crippen LogP contribution < -0.4 is 9.47 Å². The van der Waals surface area contributed by atoms with Gasteiger partial charge in [-0.3, -0.25) is 9.69 Å². The first-order chi connectivity index (χ1) is 17.5. The van der Waals surface area contributed by atoms with Crippen LogP contribution in [-0.4, -0.2) is 44.0 Å². The predicted molar refractivity (Wildman–Crippen MR) is 149 cm³/mol. The van der Waals surface area contributed by atoms with Gasteiger partial charge >= 0.3 is 0 Å². The Hall–Kier alpha value is -3.15. The van der Waals surface area contributed by atoms with Crippen molar-refractivity contribution in [2.75, 3.05) is 33.4 Å². The van der Waals surface area contributed by atoms with Crippen LogP contribution in [0, 0.1) is 12.8 Å². The number of thiophene rings is 1. The van der Waals surface area contributed by atoms with Crippen molar-refractivity contribution in [1.82, 2.24) is 4.90 Å². The van der Waals surface area contributed by atoms with E-state index in [1.54, 1.807) is 18.4 Å². The Kier molecular flexibility index (Phi) is 7.40. The van der Waals surface area contributed by atoms with Crippen LogP contribution in [0.15, 0.2) is 66.7 Å². The van der Waals surface area contributed by atoms with Gasteiger partial charge in [-0.15, -0.1) is 11.3 Å². The third-order valence-electron chi connectivity index (χ3n) is 7.09. The molecular weight excluding hydrogens is 466 g/mol. The highest BCUT2D eigenvalue weighted by atomic mass is 32.1. The summed E-state index contributed by atoms with van der Waals surface area (Å²) in [5.41, 5.74) is 3.63. The summed E-state index contributed by atoms with van der Waals surface area (Å²) in [5, 5.41) is 0.998. The lowest BCUT2D eigenvalue weighted by Crippen LogP contribution is -2.35. The fourth-order valence-electron chi connectivity index (χ4n) is 4.80. The van der Waals surface area contributed by atoms with Gasteiger partial charge in [0.2, 0.25) is 0 Å². The molecule has 36 heavy (non-hydrogen) atoms. The lowest BCUT2D eigenvalue weighted by molar-refractivity contribution is 0.104. The molecule has 3 aromatic carbocycles. The fourth-order valence-corrected chi connectivity index (χ4v) is 6.10. The molecule has 0 saturated carbocycles. The number of hydrogen-bond acceptors (Lipinski definition) is 5. The smallest absolute Gasteiger partial charge is 0.195 e. The number of likely N-dealkylation sites (tertiary alicyclic amines) is 1. The van der Waals surface area contributed by atoms with Crippen LogP contribution in [-0.2, 0) is 0 Å². The lowest BCUT2D eigenvalue weighted by Gasteiger charge is -2.29. The number of carbonyl (C=O) groups is 1. The second kappa shape index (κ2) is 10.9. The molecular formula is C31H33NO3S. The maximum atomic E-state index is 13.8. The minimum Gasteiger partial charge on any atom is -0.497 e. The molecule has 5 rings (SSSR count). The maximum absolute atomic E-state index is 13.8. The summed E-state index contributed by atoms with van der Waals surface area (Å²) in [4.78, 5) is 17.3. The maximum Gasteiger partial charge on any atom is 0.195 e. The van der Waals surface area contributed by atoms with E-state index in [2.05, 4.69) is 36.9 Å². The minimum atomic E-state index is 0.0323. The van der Waals surface area contributed by atoms with Gasteiger partial charge in [-0.25, -0.2) is 0 Å². The second-order valence-electron chi connectivity index (χ2n) is 9.76. The molecule has 2 heterocycles. The third-order valence-corrected chi connectivity index (χ3v) is 8.30. The van der Waals surface area contributed by atoms with Crippen molar-refractivity contribution >= 4 is 27.2 Å². The van der Waals surface area contributed by atoms with Gasteiger partial charge in [-0.05, 0) is 104 Å². The number of methoxy groups -OCH3 is 1. The van der Waals surface area contributed by atoms with Gasteiger partial charge < -0.3 is 9.47 Å². The highest BCUT2D eigenvalue weighted by molar-refractivity contribution is 7.22. The fraction of sp³-hybridized carbons (Fsp3) is 0.323. The van der Waals surface area contributed by atoms with Crippen molar-refractivity contribution in [1.29, 1.82) is 0 Å². The molecule has 0 radical (unpaired) electrons. The summed E-state index contributed by atoms with van der Waals surface area (Å²) in [6.07, 6.45) is 2.54. The Bertz CT molecular complexity index is 1330. The number of nitrogens with zero attached hydrogens (tertiary/aromatic N) is 1. The van der Waals surface area contributed by atoms with Crippen molar-refractivity contribution in [3.63, 3.8) is 0 Å². The number of aryl methyl sites for hydroxylation is 1. The average molecular weight is 500 g/mol. The molecule has 0 aliphatic carbocycles. The van der Waals surface area contributed by atoms with Crippen LogP contribution in [0.2, 0.25) is 0 Å². The van der Waals surface area contributed by atoms with Crippen LogP contribution in [0.1, 0.15) is 41.3 Å². The first-order valence-electron chi connectivity index (χ1n) is 12.7. The van der Waals surface area contributed by atoms with E-state index in [1.165, 1.54) is 18.4 Å². The topological polar surface area (TPSA) is 38.8 Å². The van der Waals surface area contributed by atoms with Gasteiger partial charge in [0.1, 0.15) is 18.1 Å². The van der Waals surface area contributed by atoms with Crippen LogP contribution in [0.4, 0.5) is 0 Å². The molecule has 0 bridgehead atoms. The quantitative estimate of drug-likeness (QED) is 0.240. The van der Waals surface area contributed by atoms with E-state index >= 15 is 0 Å². The molecule has 5 heteroatoms. The summed E-state index contributed by atoms with van der Waals surface area (Å²) < 4.78 is 12.4. The van der Waals surface area contributed by atoms with E-state index in [4.69, 9.17) is 9.47 Å². The molecule has 0 unspecified atom stereocenters. The number of piperidine rings is 1. The number of fused-ring (bicyclic) bond motifs is 1. The van der Waals surface area contributed by atoms with Gasteiger partial charge in [0, 0.05) is 32.6 Å². The highest BCUT2D eigenvalue weighted by Crippen LogP contribution is 2.40. The van der Waals surface area contributed by atoms with Crippen LogP contribution in [0.25, 0.3) is 20.5 Å². The van der Waals surface area contributed by atoms with E-state index in [-0.39, 0.29) is 5.78 Å². The zero-order valence-electron chi connectivity index (χ0n) is 21.3. The Morgan fingerprint density at radius 3 is 2.36 bits per heavy atom. The van der Waals surface area contributed by atoms with E-state index in [0.29, 0.717) is 12.2 Å². The van der Waals surface area contributed by atoms with Gasteiger partial charge in [0.05, 0.1) is 7.11 Å². The average Bonchev–Trinajstić information content (AvgIpc) is 3.28. The molecule has 0 atom stereocenters. The van der Waals surface area contributed by atoms with Crippen LogP contribution in [0.5, 0.6) is 11.5 Å². The summed E-state index contributed by atoms with van der Waals surface area (Å²) >= 11 is 1.66. The number of benzene rings is 3. The van der Waals surface area contributed by atoms with Crippen molar-refractivity contribution in [3.05, 3.63) is 83.4 Å². The third kappa shape index (κ3) is 5.32. The zero-order chi connectivity index (χ0) is 25.1. The molecule has 1 aliphatic rings. The van der Waals surface area contributed by atoms with Gasteiger partial charge in [-0.2, -0.15) is 0 Å². The standard InChI is InChI=1S/C31H33NO3S/c1-21-14-16-32(17-15-21)18-19-35-26-11-5-23(6-12-26)30(33)29-27-13-4-22(2)20-28(27)36-31(29)24-7-9-25(34-3)10-8-24/h4-13,20-21H,14-19H2,1-3H3.